The fourth-order valence-corrected chi connectivity index (χ4v) is 4.46. The summed E-state index contributed by atoms with van der Waals surface area (Å²) in [7, 11) is 2.08. The van der Waals surface area contributed by atoms with E-state index in [1.807, 2.05) is 12.1 Å². The first-order valence-electron chi connectivity index (χ1n) is 8.15. The highest BCUT2D eigenvalue weighted by Crippen LogP contribution is 2.30. The zero-order valence-electron chi connectivity index (χ0n) is 14.9. The van der Waals surface area contributed by atoms with E-state index in [1.165, 1.54) is 15.2 Å². The second kappa shape index (κ2) is 10.2. The van der Waals surface area contributed by atoms with Gasteiger partial charge in [-0.05, 0) is 18.2 Å². The Bertz CT molecular complexity index is 1020. The van der Waals surface area contributed by atoms with Crippen molar-refractivity contribution < 1.29 is 21.5 Å². The highest BCUT2D eigenvalue weighted by Gasteiger charge is 2.14. The summed E-state index contributed by atoms with van der Waals surface area (Å²) in [6.07, 6.45) is 15.2. The summed E-state index contributed by atoms with van der Waals surface area (Å²) >= 11 is 3.41. The molecule has 0 saturated carbocycles. The molecule has 1 heterocycles. The van der Waals surface area contributed by atoms with Crippen LogP contribution in [0.15, 0.2) is 59.6 Å². The van der Waals surface area contributed by atoms with E-state index in [1.54, 1.807) is 23.1 Å². The number of aryl methyl sites for hydroxylation is 1. The Morgan fingerprint density at radius 3 is 2.59 bits per heavy atom. The third kappa shape index (κ3) is 4.96. The van der Waals surface area contributed by atoms with Crippen LogP contribution in [0.3, 0.4) is 0 Å². The molecule has 0 atom stereocenters. The molecule has 5 heteroatoms. The number of aromatic nitrogens is 1. The first kappa shape index (κ1) is 21.1. The van der Waals surface area contributed by atoms with Crippen molar-refractivity contribution in [3.05, 3.63) is 59.7 Å². The third-order valence-electron chi connectivity index (χ3n) is 3.92. The maximum atomic E-state index is 5.61. The number of thiazole rings is 1. The zero-order valence-corrected chi connectivity index (χ0v) is 18.2. The van der Waals surface area contributed by atoms with Gasteiger partial charge in [0.1, 0.15) is 11.7 Å². The van der Waals surface area contributed by atoms with Gasteiger partial charge in [0.25, 0.3) is 5.01 Å². The van der Waals surface area contributed by atoms with Crippen molar-refractivity contribution in [1.82, 2.24) is 0 Å². The van der Waals surface area contributed by atoms with Gasteiger partial charge in [0, 0.05) is 23.2 Å². The number of benzene rings is 2. The summed E-state index contributed by atoms with van der Waals surface area (Å²) in [4.78, 5) is 3.22. The highest BCUT2D eigenvalue weighted by molar-refractivity contribution is 7.99. The van der Waals surface area contributed by atoms with Crippen LogP contribution < -0.4 is 26.4 Å². The topological polar surface area (TPSA) is 7.12 Å². The van der Waals surface area contributed by atoms with E-state index in [-0.39, 0.29) is 17.0 Å². The first-order valence-corrected chi connectivity index (χ1v) is 9.96. The van der Waals surface area contributed by atoms with Crippen LogP contribution in [-0.4, -0.2) is 12.3 Å². The number of hydrogen-bond donors (Lipinski definition) is 0. The summed E-state index contributed by atoms with van der Waals surface area (Å²) in [6.45, 7) is 0.499. The van der Waals surface area contributed by atoms with Crippen LogP contribution in [0.5, 0.6) is 0 Å². The van der Waals surface area contributed by atoms with Crippen LogP contribution in [0.2, 0.25) is 0 Å². The summed E-state index contributed by atoms with van der Waals surface area (Å²) < 4.78 is 3.46. The molecule has 0 N–H and O–H groups in total. The van der Waals surface area contributed by atoms with Crippen LogP contribution in [-0.2, 0) is 7.05 Å². The maximum Gasteiger partial charge on any atom is 0.263 e. The van der Waals surface area contributed by atoms with Crippen LogP contribution in [0.4, 0.5) is 5.69 Å². The van der Waals surface area contributed by atoms with Crippen molar-refractivity contribution in [2.75, 3.05) is 17.2 Å². The fraction of sp³-hybridized carbons (Fsp3) is 0.136. The van der Waals surface area contributed by atoms with Crippen LogP contribution in [0.25, 0.3) is 16.3 Å². The van der Waals surface area contributed by atoms with E-state index in [9.17, 15) is 0 Å². The Morgan fingerprint density at radius 2 is 1.85 bits per heavy atom. The number of halogens is 1. The molecule has 2 nitrogen and oxygen atoms in total. The van der Waals surface area contributed by atoms with Crippen LogP contribution in [0, 0.1) is 24.7 Å². The molecule has 27 heavy (non-hydrogen) atoms. The SMILES string of the molecule is C#CCSc1ccccc1N(/C=C/c1sc2ccccc2[n+]1C)CC#C.[Br-]. The van der Waals surface area contributed by atoms with Gasteiger partial charge >= 0.3 is 0 Å². The summed E-state index contributed by atoms with van der Waals surface area (Å²) in [5, 5.41) is 1.17. The maximum absolute atomic E-state index is 5.61. The van der Waals surface area contributed by atoms with Crippen molar-refractivity contribution in [1.29, 1.82) is 0 Å². The lowest BCUT2D eigenvalue weighted by Gasteiger charge is -2.20. The standard InChI is InChI=1S/C22H19N2S2.BrH/c1-4-15-24(19-11-7-8-12-20(19)25-17-5-2)16-14-22-23(3)18-10-6-9-13-21(18)26-22;/h1-2,6-14,16H,15,17H2,3H3;1H/q+1;/p-1. The minimum atomic E-state index is 0. The van der Waals surface area contributed by atoms with E-state index in [0.717, 1.165) is 10.6 Å². The molecule has 0 aliphatic carbocycles. The number of para-hydroxylation sites is 2. The predicted octanol–water partition coefficient (Wildman–Crippen LogP) is 1.57. The summed E-state index contributed by atoms with van der Waals surface area (Å²) in [6, 6.07) is 16.6. The second-order valence-corrected chi connectivity index (χ2v) is 7.65. The molecule has 136 valence electrons. The molecule has 0 aliphatic heterocycles. The predicted molar refractivity (Wildman–Crippen MR) is 114 cm³/mol. The van der Waals surface area contributed by atoms with Gasteiger partial charge in [0.15, 0.2) is 0 Å². The van der Waals surface area contributed by atoms with Gasteiger partial charge in [-0.25, -0.2) is 0 Å². The van der Waals surface area contributed by atoms with Crippen LogP contribution in [0.1, 0.15) is 5.01 Å². The molecule has 3 aromatic rings. The largest absolute Gasteiger partial charge is 1.00 e. The second-order valence-electron chi connectivity index (χ2n) is 5.58. The lowest BCUT2D eigenvalue weighted by atomic mass is 10.3. The minimum Gasteiger partial charge on any atom is -1.00 e. The molecule has 3 rings (SSSR count). The molecule has 0 radical (unpaired) electrons. The van der Waals surface area contributed by atoms with E-state index in [0.29, 0.717) is 12.3 Å². The number of fused-ring (bicyclic) bond motifs is 1. The van der Waals surface area contributed by atoms with Gasteiger partial charge in [0.05, 0.1) is 18.0 Å². The highest BCUT2D eigenvalue weighted by atomic mass is 79.9. The number of nitrogens with zero attached hydrogens (tertiary/aromatic N) is 2. The number of hydrogen-bond acceptors (Lipinski definition) is 3. The molecule has 0 aliphatic rings. The van der Waals surface area contributed by atoms with Gasteiger partial charge in [-0.2, -0.15) is 4.57 Å². The first-order chi connectivity index (χ1) is 12.7. The van der Waals surface area contributed by atoms with Gasteiger partial charge in [-0.3, -0.25) is 0 Å². The van der Waals surface area contributed by atoms with Crippen molar-refractivity contribution in [2.45, 2.75) is 4.90 Å². The van der Waals surface area contributed by atoms with E-state index < -0.39 is 0 Å². The van der Waals surface area contributed by atoms with Gasteiger partial charge in [-0.15, -0.1) is 24.6 Å². The van der Waals surface area contributed by atoms with E-state index in [4.69, 9.17) is 12.8 Å². The van der Waals surface area contributed by atoms with E-state index in [2.05, 4.69) is 77.0 Å². The number of rotatable bonds is 6. The van der Waals surface area contributed by atoms with Crippen LogP contribution >= 0.6 is 23.1 Å². The van der Waals surface area contributed by atoms with E-state index >= 15 is 0 Å². The molecule has 0 unspecified atom stereocenters. The number of terminal acetylenes is 2. The molecular formula is C22H19BrN2S2. The van der Waals surface area contributed by atoms with Crippen molar-refractivity contribution in [3.63, 3.8) is 0 Å². The van der Waals surface area contributed by atoms with Gasteiger partial charge < -0.3 is 21.9 Å². The lowest BCUT2D eigenvalue weighted by Crippen LogP contribution is -3.00. The summed E-state index contributed by atoms with van der Waals surface area (Å²) in [5.41, 5.74) is 2.30. The normalized spacial score (nSPS) is 10.3. The van der Waals surface area contributed by atoms with Crippen molar-refractivity contribution in [2.24, 2.45) is 7.05 Å². The fourth-order valence-electron chi connectivity index (χ4n) is 2.67. The third-order valence-corrected chi connectivity index (χ3v) is 6.07. The average Bonchev–Trinajstić information content (AvgIpc) is 3.00. The minimum absolute atomic E-state index is 0. The molecule has 0 spiro atoms. The van der Waals surface area contributed by atoms with Crippen molar-refractivity contribution >= 4 is 45.1 Å². The molecule has 0 amide bonds. The van der Waals surface area contributed by atoms with Gasteiger partial charge in [0.2, 0.25) is 5.52 Å². The Labute approximate surface area is 179 Å². The van der Waals surface area contributed by atoms with Crippen molar-refractivity contribution in [3.8, 4) is 24.7 Å². The quantitative estimate of drug-likeness (QED) is 0.317. The van der Waals surface area contributed by atoms with Gasteiger partial charge in [-0.1, -0.05) is 47.4 Å². The Kier molecular flexibility index (Phi) is 8.00. The lowest BCUT2D eigenvalue weighted by molar-refractivity contribution is -0.642. The molecule has 0 bridgehead atoms. The zero-order chi connectivity index (χ0) is 18.4. The molecule has 0 saturated heterocycles. The Morgan fingerprint density at radius 1 is 1.11 bits per heavy atom. The molecule has 2 aromatic carbocycles. The summed E-state index contributed by atoms with van der Waals surface area (Å²) in [5.74, 6) is 6.06. The number of thioether (sulfide) groups is 1. The Hall–Kier alpha value is -2.18. The molecule has 0 fully saturated rings. The smallest absolute Gasteiger partial charge is 0.263 e. The number of anilines is 1. The Balaban J connectivity index is 0.00000261. The molecule has 1 aromatic heterocycles. The molecular weight excluding hydrogens is 436 g/mol. The monoisotopic (exact) mass is 454 g/mol. The average molecular weight is 455 g/mol.